The Morgan fingerprint density at radius 2 is 2.12 bits per heavy atom. The maximum atomic E-state index is 11.6. The first kappa shape index (κ1) is 12.2. The molecule has 2 aromatic rings. The fourth-order valence-electron chi connectivity index (χ4n) is 1.97. The van der Waals surface area contributed by atoms with E-state index in [1.54, 1.807) is 0 Å². The van der Waals surface area contributed by atoms with E-state index in [9.17, 15) is 4.79 Å². The second-order valence-corrected chi connectivity index (χ2v) is 4.58. The van der Waals surface area contributed by atoms with Crippen molar-refractivity contribution >= 4 is 32.8 Å². The van der Waals surface area contributed by atoms with Crippen LogP contribution in [0, 0.1) is 0 Å². The minimum Gasteiger partial charge on any atom is -0.466 e. The van der Waals surface area contributed by atoms with Crippen molar-refractivity contribution in [3.05, 3.63) is 34.4 Å². The normalized spacial score (nSPS) is 10.8. The largest absolute Gasteiger partial charge is 0.466 e. The third-order valence-electron chi connectivity index (χ3n) is 2.76. The van der Waals surface area contributed by atoms with Gasteiger partial charge >= 0.3 is 5.97 Å². The van der Waals surface area contributed by atoms with Crippen molar-refractivity contribution in [2.45, 2.75) is 13.3 Å². The highest BCUT2D eigenvalue weighted by Gasteiger charge is 2.15. The highest BCUT2D eigenvalue weighted by molar-refractivity contribution is 9.10. The minimum atomic E-state index is -0.190. The van der Waals surface area contributed by atoms with Crippen molar-refractivity contribution in [1.82, 2.24) is 4.57 Å². The van der Waals surface area contributed by atoms with Gasteiger partial charge < -0.3 is 9.30 Å². The Bertz CT molecular complexity index is 560. The van der Waals surface area contributed by atoms with Gasteiger partial charge in [0.1, 0.15) is 0 Å². The molecule has 1 aromatic carbocycles. The molecule has 2 rings (SSSR count). The van der Waals surface area contributed by atoms with E-state index in [1.165, 1.54) is 0 Å². The second-order valence-electron chi connectivity index (χ2n) is 3.83. The molecular formula is C13H14BrNO2. The van der Waals surface area contributed by atoms with Crippen LogP contribution in [-0.2, 0) is 23.0 Å². The summed E-state index contributed by atoms with van der Waals surface area (Å²) in [4.78, 5) is 11.6. The average Bonchev–Trinajstić information content (AvgIpc) is 2.56. The zero-order valence-electron chi connectivity index (χ0n) is 9.87. The lowest BCUT2D eigenvalue weighted by Gasteiger charge is -2.01. The molecule has 17 heavy (non-hydrogen) atoms. The van der Waals surface area contributed by atoms with Crippen LogP contribution in [0.5, 0.6) is 0 Å². The third-order valence-corrected chi connectivity index (χ3v) is 3.77. The Hall–Kier alpha value is -1.29. The number of aromatic nitrogens is 1. The number of carbonyl (C=O) groups is 1. The predicted molar refractivity (Wildman–Crippen MR) is 71.0 cm³/mol. The van der Waals surface area contributed by atoms with Crippen molar-refractivity contribution in [2.24, 2.45) is 7.05 Å². The zero-order chi connectivity index (χ0) is 12.4. The molecule has 1 aromatic heterocycles. The van der Waals surface area contributed by atoms with Gasteiger partial charge in [0.2, 0.25) is 0 Å². The molecule has 0 saturated carbocycles. The molecule has 0 amide bonds. The van der Waals surface area contributed by atoms with Crippen LogP contribution in [0.4, 0.5) is 0 Å². The quantitative estimate of drug-likeness (QED) is 0.815. The molecule has 0 N–H and O–H groups in total. The van der Waals surface area contributed by atoms with Crippen LogP contribution in [0.25, 0.3) is 10.9 Å². The standard InChI is InChI=1S/C13H14BrNO2/c1-3-17-12(16)8-10-9-6-4-5-7-11(9)15(2)13(10)14/h4-7H,3,8H2,1-2H3. The van der Waals surface area contributed by atoms with E-state index in [0.29, 0.717) is 13.0 Å². The Kier molecular flexibility index (Phi) is 3.52. The number of ether oxygens (including phenoxy) is 1. The summed E-state index contributed by atoms with van der Waals surface area (Å²) in [6.45, 7) is 2.23. The first-order valence-electron chi connectivity index (χ1n) is 5.52. The Balaban J connectivity index is 2.46. The van der Waals surface area contributed by atoms with E-state index in [2.05, 4.69) is 15.9 Å². The van der Waals surface area contributed by atoms with Gasteiger partial charge in [0, 0.05) is 23.5 Å². The Morgan fingerprint density at radius 1 is 1.41 bits per heavy atom. The van der Waals surface area contributed by atoms with Gasteiger partial charge in [0.05, 0.1) is 17.6 Å². The average molecular weight is 296 g/mol. The monoisotopic (exact) mass is 295 g/mol. The van der Waals surface area contributed by atoms with E-state index >= 15 is 0 Å². The molecule has 1 heterocycles. The smallest absolute Gasteiger partial charge is 0.310 e. The van der Waals surface area contributed by atoms with Gasteiger partial charge in [-0.25, -0.2) is 0 Å². The van der Waals surface area contributed by atoms with Crippen LogP contribution in [0.1, 0.15) is 12.5 Å². The number of aryl methyl sites for hydroxylation is 1. The summed E-state index contributed by atoms with van der Waals surface area (Å²) in [5.41, 5.74) is 2.10. The lowest BCUT2D eigenvalue weighted by atomic mass is 10.1. The fourth-order valence-corrected chi connectivity index (χ4v) is 2.51. The second kappa shape index (κ2) is 4.92. The highest BCUT2D eigenvalue weighted by Crippen LogP contribution is 2.29. The molecule has 4 heteroatoms. The number of benzene rings is 1. The van der Waals surface area contributed by atoms with Gasteiger partial charge in [-0.2, -0.15) is 0 Å². The molecule has 0 saturated heterocycles. The van der Waals surface area contributed by atoms with Crippen molar-refractivity contribution in [1.29, 1.82) is 0 Å². The number of para-hydroxylation sites is 1. The molecule has 0 aliphatic rings. The molecule has 0 radical (unpaired) electrons. The summed E-state index contributed by atoms with van der Waals surface area (Å²) < 4.78 is 7.96. The van der Waals surface area contributed by atoms with Crippen LogP contribution in [0.3, 0.4) is 0 Å². The van der Waals surface area contributed by atoms with Crippen molar-refractivity contribution in [3.63, 3.8) is 0 Å². The summed E-state index contributed by atoms with van der Waals surface area (Å²) in [6, 6.07) is 8.02. The zero-order valence-corrected chi connectivity index (χ0v) is 11.5. The van der Waals surface area contributed by atoms with Crippen LogP contribution in [0.15, 0.2) is 28.9 Å². The third kappa shape index (κ3) is 2.22. The summed E-state index contributed by atoms with van der Waals surface area (Å²) in [5.74, 6) is -0.190. The van der Waals surface area contributed by atoms with Gasteiger partial charge in [-0.05, 0) is 28.9 Å². The van der Waals surface area contributed by atoms with Gasteiger partial charge in [-0.15, -0.1) is 0 Å². The van der Waals surface area contributed by atoms with E-state index in [4.69, 9.17) is 4.74 Å². The van der Waals surface area contributed by atoms with E-state index in [1.807, 2.05) is 42.8 Å². The molecule has 0 aliphatic heterocycles. The number of rotatable bonds is 3. The number of hydrogen-bond donors (Lipinski definition) is 0. The van der Waals surface area contributed by atoms with Gasteiger partial charge in [-0.3, -0.25) is 4.79 Å². The fraction of sp³-hybridized carbons (Fsp3) is 0.308. The molecular weight excluding hydrogens is 282 g/mol. The van der Waals surface area contributed by atoms with Crippen molar-refractivity contribution in [2.75, 3.05) is 6.61 Å². The van der Waals surface area contributed by atoms with E-state index in [0.717, 1.165) is 21.1 Å². The lowest BCUT2D eigenvalue weighted by molar-refractivity contribution is -0.142. The SMILES string of the molecule is CCOC(=O)Cc1c(Br)n(C)c2ccccc12. The summed E-state index contributed by atoms with van der Waals surface area (Å²) in [6.07, 6.45) is 0.301. The first-order valence-corrected chi connectivity index (χ1v) is 6.31. The number of esters is 1. The first-order chi connectivity index (χ1) is 8.15. The molecule has 3 nitrogen and oxygen atoms in total. The van der Waals surface area contributed by atoms with Crippen LogP contribution in [-0.4, -0.2) is 17.1 Å². The topological polar surface area (TPSA) is 31.2 Å². The maximum absolute atomic E-state index is 11.6. The number of carbonyl (C=O) groups excluding carboxylic acids is 1. The minimum absolute atomic E-state index is 0.190. The summed E-state index contributed by atoms with van der Waals surface area (Å²) in [5, 5.41) is 1.09. The molecule has 0 aliphatic carbocycles. The molecule has 0 bridgehead atoms. The van der Waals surface area contributed by atoms with Crippen LogP contribution >= 0.6 is 15.9 Å². The number of nitrogens with zero attached hydrogens (tertiary/aromatic N) is 1. The van der Waals surface area contributed by atoms with Crippen LogP contribution in [0.2, 0.25) is 0 Å². The molecule has 0 spiro atoms. The summed E-state index contributed by atoms with van der Waals surface area (Å²) >= 11 is 3.53. The Labute approximate surface area is 108 Å². The van der Waals surface area contributed by atoms with Crippen molar-refractivity contribution in [3.8, 4) is 0 Å². The van der Waals surface area contributed by atoms with E-state index < -0.39 is 0 Å². The van der Waals surface area contributed by atoms with Gasteiger partial charge in [0.15, 0.2) is 0 Å². The maximum Gasteiger partial charge on any atom is 0.310 e. The predicted octanol–water partition coefficient (Wildman–Crippen LogP) is 3.05. The highest BCUT2D eigenvalue weighted by atomic mass is 79.9. The lowest BCUT2D eigenvalue weighted by Crippen LogP contribution is -2.07. The van der Waals surface area contributed by atoms with Gasteiger partial charge in [0.25, 0.3) is 0 Å². The number of hydrogen-bond acceptors (Lipinski definition) is 2. The molecule has 0 unspecified atom stereocenters. The molecule has 0 fully saturated rings. The van der Waals surface area contributed by atoms with Crippen molar-refractivity contribution < 1.29 is 9.53 Å². The molecule has 0 atom stereocenters. The Morgan fingerprint density at radius 3 is 2.82 bits per heavy atom. The van der Waals surface area contributed by atoms with Gasteiger partial charge in [-0.1, -0.05) is 18.2 Å². The van der Waals surface area contributed by atoms with E-state index in [-0.39, 0.29) is 5.97 Å². The number of halogens is 1. The molecule has 90 valence electrons. The summed E-state index contributed by atoms with van der Waals surface area (Å²) in [7, 11) is 1.97. The van der Waals surface area contributed by atoms with Crippen LogP contribution < -0.4 is 0 Å². The number of fused-ring (bicyclic) bond motifs is 1.